The maximum Gasteiger partial charge on any atom is 0.170 e. The normalized spacial score (nSPS) is 19.6. The summed E-state index contributed by atoms with van der Waals surface area (Å²) in [6.07, 6.45) is 5.21. The molecule has 1 aromatic heterocycles. The molecular weight excluding hydrogens is 453 g/mol. The number of nitrogens with zero attached hydrogens (tertiary/aromatic N) is 2. The summed E-state index contributed by atoms with van der Waals surface area (Å²) in [5, 5.41) is 15.9. The third-order valence-electron chi connectivity index (χ3n) is 5.61. The number of carboxylic acids is 1. The number of furan rings is 1. The summed E-state index contributed by atoms with van der Waals surface area (Å²) in [7, 11) is 0. The van der Waals surface area contributed by atoms with E-state index in [1.54, 1.807) is 30.3 Å². The predicted octanol–water partition coefficient (Wildman–Crippen LogP) is 3.18. The lowest BCUT2D eigenvalue weighted by molar-refractivity contribution is -0.299. The van der Waals surface area contributed by atoms with Crippen LogP contribution in [0.15, 0.2) is 57.3 Å². The molecule has 0 aliphatic carbocycles. The summed E-state index contributed by atoms with van der Waals surface area (Å²) in [5.74, 6) is -0.436. The molecule has 3 heterocycles. The minimum atomic E-state index is -1.33. The predicted molar refractivity (Wildman–Crippen MR) is 121 cm³/mol. The van der Waals surface area contributed by atoms with Crippen molar-refractivity contribution < 1.29 is 19.1 Å². The standard InChI is InChI=1S/C23H25Cl2N3O4/c24-16-7-6-15(13-17(16)25)21-20(23(29)30)18(26-22(27-21)19-5-4-11-32-19)14-31-12-10-28-8-2-1-3-9-28/h4-7,11,13,21H,1-3,8-10,12,14H2,(H,26,27)(H,29,30)/p-1. The highest BCUT2D eigenvalue weighted by Crippen LogP contribution is 2.34. The highest BCUT2D eigenvalue weighted by Gasteiger charge is 2.28. The minimum Gasteiger partial charge on any atom is -0.545 e. The van der Waals surface area contributed by atoms with Crippen molar-refractivity contribution in [2.45, 2.75) is 25.3 Å². The van der Waals surface area contributed by atoms with Crippen molar-refractivity contribution in [1.29, 1.82) is 0 Å². The zero-order chi connectivity index (χ0) is 22.5. The number of ether oxygens (including phenoxy) is 1. The molecule has 1 N–H and O–H groups in total. The monoisotopic (exact) mass is 476 g/mol. The molecule has 1 saturated heterocycles. The Kier molecular flexibility index (Phi) is 7.52. The first-order chi connectivity index (χ1) is 15.5. The van der Waals surface area contributed by atoms with Gasteiger partial charge in [-0.05, 0) is 55.8 Å². The highest BCUT2D eigenvalue weighted by molar-refractivity contribution is 6.42. The first-order valence-electron chi connectivity index (χ1n) is 10.6. The Bertz CT molecular complexity index is 1010. The first-order valence-corrected chi connectivity index (χ1v) is 11.4. The van der Waals surface area contributed by atoms with Crippen molar-refractivity contribution >= 4 is 35.0 Å². The van der Waals surface area contributed by atoms with Crippen LogP contribution in [0.1, 0.15) is 36.6 Å². The average molecular weight is 477 g/mol. The first kappa shape index (κ1) is 22.9. The van der Waals surface area contributed by atoms with E-state index < -0.39 is 12.0 Å². The fourth-order valence-corrected chi connectivity index (χ4v) is 4.27. The topological polar surface area (TPSA) is 90.1 Å². The molecule has 7 nitrogen and oxygen atoms in total. The van der Waals surface area contributed by atoms with Crippen molar-refractivity contribution in [2.75, 3.05) is 32.8 Å². The number of likely N-dealkylation sites (tertiary alicyclic amines) is 1. The van der Waals surface area contributed by atoms with Crippen molar-refractivity contribution in [2.24, 2.45) is 4.99 Å². The molecule has 0 saturated carbocycles. The number of hydrogen-bond donors (Lipinski definition) is 1. The smallest absolute Gasteiger partial charge is 0.170 e. The summed E-state index contributed by atoms with van der Waals surface area (Å²) < 4.78 is 11.3. The molecule has 2 aromatic rings. The Balaban J connectivity index is 1.58. The van der Waals surface area contributed by atoms with Gasteiger partial charge in [0.05, 0.1) is 41.2 Å². The number of aliphatic carboxylic acids is 1. The van der Waals surface area contributed by atoms with Crippen LogP contribution in [0, 0.1) is 0 Å². The zero-order valence-corrected chi connectivity index (χ0v) is 19.0. The third kappa shape index (κ3) is 5.35. The van der Waals surface area contributed by atoms with Crippen LogP contribution in [0.4, 0.5) is 0 Å². The molecule has 0 bridgehead atoms. The molecule has 170 valence electrons. The second-order valence-electron chi connectivity index (χ2n) is 7.79. The molecule has 4 rings (SSSR count). The number of piperidine rings is 1. The van der Waals surface area contributed by atoms with Gasteiger partial charge in [0.15, 0.2) is 11.6 Å². The van der Waals surface area contributed by atoms with Gasteiger partial charge in [0.2, 0.25) is 0 Å². The van der Waals surface area contributed by atoms with Gasteiger partial charge >= 0.3 is 0 Å². The molecule has 9 heteroatoms. The third-order valence-corrected chi connectivity index (χ3v) is 6.35. The highest BCUT2D eigenvalue weighted by atomic mass is 35.5. The number of nitrogens with one attached hydrogen (secondary N) is 1. The van der Waals surface area contributed by atoms with Crippen molar-refractivity contribution in [3.8, 4) is 0 Å². The SMILES string of the molecule is O=C([O-])C1=C(COCCN2CCCCC2)NC(c2ccco2)=NC1c1ccc(Cl)c(Cl)c1. The summed E-state index contributed by atoms with van der Waals surface area (Å²) in [6.45, 7) is 3.53. The number of amidine groups is 1. The van der Waals surface area contributed by atoms with Gasteiger partial charge in [-0.2, -0.15) is 0 Å². The van der Waals surface area contributed by atoms with Gasteiger partial charge in [-0.15, -0.1) is 0 Å². The van der Waals surface area contributed by atoms with E-state index in [0.29, 0.717) is 39.5 Å². The molecule has 0 radical (unpaired) electrons. The zero-order valence-electron chi connectivity index (χ0n) is 17.5. The molecule has 2 aliphatic heterocycles. The molecule has 1 fully saturated rings. The second-order valence-corrected chi connectivity index (χ2v) is 8.61. The molecule has 1 atom stereocenters. The quantitative estimate of drug-likeness (QED) is 0.588. The number of benzene rings is 1. The summed E-state index contributed by atoms with van der Waals surface area (Å²) in [6, 6.07) is 7.56. The number of hydrogen-bond acceptors (Lipinski definition) is 7. The van der Waals surface area contributed by atoms with Crippen molar-refractivity contribution in [3.05, 3.63) is 69.2 Å². The van der Waals surface area contributed by atoms with Crippen LogP contribution in [-0.4, -0.2) is 49.6 Å². The number of rotatable bonds is 8. The van der Waals surface area contributed by atoms with Crippen LogP contribution in [-0.2, 0) is 9.53 Å². The van der Waals surface area contributed by atoms with Crippen LogP contribution >= 0.6 is 23.2 Å². The number of aliphatic imine (C=N–C) groups is 1. The number of halogens is 2. The minimum absolute atomic E-state index is 0.00309. The number of carboxylic acid groups (broad SMARTS) is 1. The Hall–Kier alpha value is -2.32. The maximum absolute atomic E-state index is 12.1. The lowest BCUT2D eigenvalue weighted by atomic mass is 9.95. The van der Waals surface area contributed by atoms with Gasteiger partial charge in [-0.3, -0.25) is 4.99 Å². The van der Waals surface area contributed by atoms with Gasteiger partial charge in [-0.25, -0.2) is 0 Å². The summed E-state index contributed by atoms with van der Waals surface area (Å²) in [5.41, 5.74) is 0.952. The van der Waals surface area contributed by atoms with E-state index in [1.165, 1.54) is 25.5 Å². The molecule has 0 amide bonds. The molecule has 2 aliphatic rings. The lowest BCUT2D eigenvalue weighted by Crippen LogP contribution is -2.39. The number of carbonyl (C=O) groups is 1. The lowest BCUT2D eigenvalue weighted by Gasteiger charge is -2.29. The van der Waals surface area contributed by atoms with Gasteiger partial charge in [-0.1, -0.05) is 35.7 Å². The van der Waals surface area contributed by atoms with Gasteiger partial charge in [0, 0.05) is 12.1 Å². The molecule has 0 spiro atoms. The van der Waals surface area contributed by atoms with E-state index in [0.717, 1.165) is 19.6 Å². The molecule has 1 aromatic carbocycles. The van der Waals surface area contributed by atoms with Crippen molar-refractivity contribution in [3.63, 3.8) is 0 Å². The van der Waals surface area contributed by atoms with Crippen LogP contribution in [0.25, 0.3) is 0 Å². The Morgan fingerprint density at radius 3 is 2.72 bits per heavy atom. The molecule has 1 unspecified atom stereocenters. The van der Waals surface area contributed by atoms with E-state index in [-0.39, 0.29) is 12.2 Å². The largest absolute Gasteiger partial charge is 0.545 e. The van der Waals surface area contributed by atoms with E-state index in [4.69, 9.17) is 32.4 Å². The fraction of sp³-hybridized carbons (Fsp3) is 0.391. The van der Waals surface area contributed by atoms with Crippen LogP contribution in [0.3, 0.4) is 0 Å². The van der Waals surface area contributed by atoms with Crippen molar-refractivity contribution in [1.82, 2.24) is 10.2 Å². The van der Waals surface area contributed by atoms with Crippen LogP contribution in [0.5, 0.6) is 0 Å². The van der Waals surface area contributed by atoms with Gasteiger partial charge in [0.1, 0.15) is 6.04 Å². The Morgan fingerprint density at radius 2 is 2.03 bits per heavy atom. The fourth-order valence-electron chi connectivity index (χ4n) is 3.96. The Morgan fingerprint density at radius 1 is 1.22 bits per heavy atom. The van der Waals surface area contributed by atoms with E-state index >= 15 is 0 Å². The molecule has 32 heavy (non-hydrogen) atoms. The number of carbonyl (C=O) groups excluding carboxylic acids is 1. The van der Waals surface area contributed by atoms with Gasteiger partial charge in [0.25, 0.3) is 0 Å². The molecular formula is C23H24Cl2N3O4-. The van der Waals surface area contributed by atoms with E-state index in [9.17, 15) is 9.90 Å². The van der Waals surface area contributed by atoms with Crippen LogP contribution < -0.4 is 10.4 Å². The second kappa shape index (κ2) is 10.5. The maximum atomic E-state index is 12.1. The summed E-state index contributed by atoms with van der Waals surface area (Å²) >= 11 is 12.2. The van der Waals surface area contributed by atoms with E-state index in [1.807, 2.05) is 0 Å². The summed E-state index contributed by atoms with van der Waals surface area (Å²) in [4.78, 5) is 19.1. The Labute approximate surface area is 196 Å². The van der Waals surface area contributed by atoms with E-state index in [2.05, 4.69) is 15.2 Å². The average Bonchev–Trinajstić information content (AvgIpc) is 3.33. The van der Waals surface area contributed by atoms with Gasteiger partial charge < -0.3 is 29.3 Å². The van der Waals surface area contributed by atoms with Crippen LogP contribution in [0.2, 0.25) is 10.0 Å².